The van der Waals surface area contributed by atoms with E-state index in [2.05, 4.69) is 11.6 Å². The first-order chi connectivity index (χ1) is 8.49. The Morgan fingerprint density at radius 1 is 1.39 bits per heavy atom. The van der Waals surface area contributed by atoms with Gasteiger partial charge >= 0.3 is 5.97 Å². The molecule has 2 saturated carbocycles. The van der Waals surface area contributed by atoms with Crippen LogP contribution in [0.1, 0.15) is 39.0 Å². The van der Waals surface area contributed by atoms with Crippen LogP contribution in [-0.2, 0) is 19.6 Å². The van der Waals surface area contributed by atoms with Gasteiger partial charge in [0.2, 0.25) is 10.0 Å². The van der Waals surface area contributed by atoms with Crippen LogP contribution in [0.2, 0.25) is 0 Å². The minimum atomic E-state index is -3.39. The Hall–Kier alpha value is -0.620. The van der Waals surface area contributed by atoms with Crippen LogP contribution in [0.25, 0.3) is 0 Å². The summed E-state index contributed by atoms with van der Waals surface area (Å²) in [5.41, 5.74) is 0. The number of carbonyl (C=O) groups is 1. The zero-order valence-electron chi connectivity index (χ0n) is 10.9. The molecule has 0 heterocycles. The maximum Gasteiger partial charge on any atom is 0.310 e. The van der Waals surface area contributed by atoms with Gasteiger partial charge in [-0.15, -0.1) is 0 Å². The highest BCUT2D eigenvalue weighted by Crippen LogP contribution is 2.37. The van der Waals surface area contributed by atoms with Crippen molar-refractivity contribution >= 4 is 16.0 Å². The van der Waals surface area contributed by atoms with Crippen molar-refractivity contribution in [2.24, 2.45) is 11.8 Å². The molecule has 4 unspecified atom stereocenters. The summed E-state index contributed by atoms with van der Waals surface area (Å²) in [6.45, 7) is 2.06. The van der Waals surface area contributed by atoms with Gasteiger partial charge in [-0.3, -0.25) is 4.79 Å². The summed E-state index contributed by atoms with van der Waals surface area (Å²) < 4.78 is 32.0. The van der Waals surface area contributed by atoms with Crippen LogP contribution in [0.4, 0.5) is 0 Å². The van der Waals surface area contributed by atoms with Crippen LogP contribution in [0.5, 0.6) is 0 Å². The van der Waals surface area contributed by atoms with Crippen LogP contribution in [0, 0.1) is 11.8 Å². The standard InChI is InChI=1S/C12H21NO4S/c1-3-8-7-10(8)13-18(15,16)11-6-4-5-9(11)12(14)17-2/h8-11,13H,3-7H2,1-2H3. The Bertz CT molecular complexity index is 420. The molecule has 5 nitrogen and oxygen atoms in total. The summed E-state index contributed by atoms with van der Waals surface area (Å²) in [7, 11) is -2.08. The average molecular weight is 275 g/mol. The van der Waals surface area contributed by atoms with Crippen LogP contribution < -0.4 is 4.72 Å². The fourth-order valence-electron chi connectivity index (χ4n) is 2.86. The number of esters is 1. The first-order valence-electron chi connectivity index (χ1n) is 6.58. The third-order valence-electron chi connectivity index (χ3n) is 4.12. The highest BCUT2D eigenvalue weighted by atomic mass is 32.2. The molecule has 0 aromatic rings. The van der Waals surface area contributed by atoms with E-state index in [1.807, 2.05) is 0 Å². The molecule has 1 N–H and O–H groups in total. The first-order valence-corrected chi connectivity index (χ1v) is 8.13. The highest BCUT2D eigenvalue weighted by molar-refractivity contribution is 7.90. The SMILES string of the molecule is CCC1CC1NS(=O)(=O)C1CCCC1C(=O)OC. The van der Waals surface area contributed by atoms with Crippen LogP contribution in [0.15, 0.2) is 0 Å². The molecule has 0 radical (unpaired) electrons. The molecule has 104 valence electrons. The van der Waals surface area contributed by atoms with Gasteiger partial charge in [0.1, 0.15) is 0 Å². The lowest BCUT2D eigenvalue weighted by molar-refractivity contribution is -0.145. The molecule has 0 aliphatic heterocycles. The summed E-state index contributed by atoms with van der Waals surface area (Å²) >= 11 is 0. The number of hydrogen-bond acceptors (Lipinski definition) is 4. The van der Waals surface area contributed by atoms with E-state index in [0.717, 1.165) is 19.3 Å². The molecule has 0 bridgehead atoms. The van der Waals surface area contributed by atoms with E-state index in [4.69, 9.17) is 4.74 Å². The topological polar surface area (TPSA) is 72.5 Å². The second kappa shape index (κ2) is 5.17. The third-order valence-corrected chi connectivity index (χ3v) is 6.11. The van der Waals surface area contributed by atoms with E-state index in [1.54, 1.807) is 0 Å². The van der Waals surface area contributed by atoms with Crippen molar-refractivity contribution in [2.75, 3.05) is 7.11 Å². The number of sulfonamides is 1. The van der Waals surface area contributed by atoms with Crippen molar-refractivity contribution in [1.29, 1.82) is 0 Å². The van der Waals surface area contributed by atoms with Gasteiger partial charge in [-0.25, -0.2) is 13.1 Å². The molecule has 4 atom stereocenters. The van der Waals surface area contributed by atoms with Crippen LogP contribution >= 0.6 is 0 Å². The number of rotatable bonds is 5. The molecule has 0 spiro atoms. The highest BCUT2D eigenvalue weighted by Gasteiger charge is 2.46. The number of nitrogens with one attached hydrogen (secondary N) is 1. The Morgan fingerprint density at radius 2 is 2.11 bits per heavy atom. The predicted octanol–water partition coefficient (Wildman–Crippen LogP) is 1.05. The van der Waals surface area contributed by atoms with Gasteiger partial charge in [0.25, 0.3) is 0 Å². The molecule has 0 aromatic heterocycles. The van der Waals surface area contributed by atoms with Crippen LogP contribution in [-0.4, -0.2) is 32.8 Å². The molecular formula is C12H21NO4S. The average Bonchev–Trinajstić information content (AvgIpc) is 2.89. The molecule has 6 heteroatoms. The van der Waals surface area contributed by atoms with Gasteiger partial charge < -0.3 is 4.74 Å². The lowest BCUT2D eigenvalue weighted by atomic mass is 10.1. The summed E-state index contributed by atoms with van der Waals surface area (Å²) in [4.78, 5) is 11.6. The molecule has 2 fully saturated rings. The first kappa shape index (κ1) is 13.8. The number of methoxy groups -OCH3 is 1. The maximum absolute atomic E-state index is 12.3. The van der Waals surface area contributed by atoms with Gasteiger partial charge in [0.15, 0.2) is 0 Å². The summed E-state index contributed by atoms with van der Waals surface area (Å²) in [5.74, 6) is -0.421. The monoisotopic (exact) mass is 275 g/mol. The minimum absolute atomic E-state index is 0.0823. The number of hydrogen-bond donors (Lipinski definition) is 1. The Kier molecular flexibility index (Phi) is 3.96. The van der Waals surface area contributed by atoms with Gasteiger partial charge in [-0.2, -0.15) is 0 Å². The van der Waals surface area contributed by atoms with Crippen molar-refractivity contribution < 1.29 is 17.9 Å². The van der Waals surface area contributed by atoms with Gasteiger partial charge in [-0.1, -0.05) is 19.8 Å². The Balaban J connectivity index is 2.02. The fourth-order valence-corrected chi connectivity index (χ4v) is 4.90. The predicted molar refractivity (Wildman–Crippen MR) is 67.4 cm³/mol. The fraction of sp³-hybridized carbons (Fsp3) is 0.917. The van der Waals surface area contributed by atoms with E-state index in [-0.39, 0.29) is 6.04 Å². The molecule has 0 saturated heterocycles. The van der Waals surface area contributed by atoms with Crippen molar-refractivity contribution in [3.05, 3.63) is 0 Å². The van der Waals surface area contributed by atoms with E-state index >= 15 is 0 Å². The smallest absolute Gasteiger partial charge is 0.310 e. The molecule has 2 rings (SSSR count). The maximum atomic E-state index is 12.3. The zero-order valence-corrected chi connectivity index (χ0v) is 11.7. The second-order valence-electron chi connectivity index (χ2n) is 5.27. The number of carbonyl (C=O) groups excluding carboxylic acids is 1. The molecule has 2 aliphatic carbocycles. The quantitative estimate of drug-likeness (QED) is 0.761. The van der Waals surface area contributed by atoms with E-state index < -0.39 is 27.2 Å². The molecule has 0 amide bonds. The molecule has 2 aliphatic rings. The Labute approximate surface area is 108 Å². The van der Waals surface area contributed by atoms with E-state index in [0.29, 0.717) is 18.8 Å². The van der Waals surface area contributed by atoms with Crippen molar-refractivity contribution in [2.45, 2.75) is 50.3 Å². The molecule has 0 aromatic carbocycles. The summed E-state index contributed by atoms with van der Waals surface area (Å²) in [5, 5.41) is -0.608. The van der Waals surface area contributed by atoms with Crippen molar-refractivity contribution in [3.63, 3.8) is 0 Å². The van der Waals surface area contributed by atoms with E-state index in [9.17, 15) is 13.2 Å². The van der Waals surface area contributed by atoms with Crippen molar-refractivity contribution in [3.8, 4) is 0 Å². The van der Waals surface area contributed by atoms with E-state index in [1.165, 1.54) is 7.11 Å². The number of ether oxygens (including phenoxy) is 1. The second-order valence-corrected chi connectivity index (χ2v) is 7.20. The van der Waals surface area contributed by atoms with Crippen molar-refractivity contribution in [1.82, 2.24) is 4.72 Å². The van der Waals surface area contributed by atoms with Gasteiger partial charge in [0.05, 0.1) is 18.3 Å². The lowest BCUT2D eigenvalue weighted by Gasteiger charge is -2.18. The summed E-state index contributed by atoms with van der Waals surface area (Å²) in [6.07, 6.45) is 3.86. The van der Waals surface area contributed by atoms with Crippen LogP contribution in [0.3, 0.4) is 0 Å². The summed E-state index contributed by atoms with van der Waals surface area (Å²) in [6, 6.07) is 0.0823. The lowest BCUT2D eigenvalue weighted by Crippen LogP contribution is -2.40. The zero-order chi connectivity index (χ0) is 13.3. The molecule has 18 heavy (non-hydrogen) atoms. The van der Waals surface area contributed by atoms with Gasteiger partial charge in [0, 0.05) is 6.04 Å². The normalized spacial score (nSPS) is 35.4. The largest absolute Gasteiger partial charge is 0.469 e. The third kappa shape index (κ3) is 2.69. The Morgan fingerprint density at radius 3 is 2.67 bits per heavy atom. The minimum Gasteiger partial charge on any atom is -0.469 e. The van der Waals surface area contributed by atoms with Gasteiger partial charge in [-0.05, 0) is 25.2 Å². The molecular weight excluding hydrogens is 254 g/mol.